The van der Waals surface area contributed by atoms with Crippen LogP contribution >= 0.6 is 22.7 Å². The first-order chi connectivity index (χ1) is 16.7. The molecule has 4 rings (SSSR count). The van der Waals surface area contributed by atoms with Gasteiger partial charge in [0.25, 0.3) is 5.91 Å². The van der Waals surface area contributed by atoms with Crippen molar-refractivity contribution >= 4 is 50.4 Å². The number of carbonyl (C=O) groups excluding carboxylic acids is 3. The van der Waals surface area contributed by atoms with E-state index in [9.17, 15) is 22.8 Å². The predicted octanol–water partition coefficient (Wildman–Crippen LogP) is 1.57. The minimum Gasteiger partial charge on any atom is -0.459 e. The quantitative estimate of drug-likeness (QED) is 0.378. The molecule has 1 aliphatic heterocycles. The van der Waals surface area contributed by atoms with E-state index in [-0.39, 0.29) is 29.4 Å². The van der Waals surface area contributed by atoms with Crippen LogP contribution in [0.2, 0.25) is 0 Å². The minimum atomic E-state index is -3.78. The number of nitrogens with zero attached hydrogens (tertiary/aromatic N) is 1. The van der Waals surface area contributed by atoms with E-state index in [0.717, 1.165) is 16.2 Å². The number of nitrogens with one attached hydrogen (secondary N) is 2. The number of rotatable bonds is 9. The second-order valence-electron chi connectivity index (χ2n) is 8.01. The summed E-state index contributed by atoms with van der Waals surface area (Å²) in [4.78, 5) is 40.7. The molecule has 3 aromatic heterocycles. The number of likely N-dealkylation sites (tertiary alicyclic amines) is 1. The van der Waals surface area contributed by atoms with Gasteiger partial charge in [-0.15, -0.1) is 22.7 Å². The van der Waals surface area contributed by atoms with E-state index in [4.69, 9.17) is 10.2 Å². The number of carbonyl (C=O) groups is 3. The van der Waals surface area contributed by atoms with Crippen molar-refractivity contribution in [3.63, 3.8) is 0 Å². The second kappa shape index (κ2) is 10.7. The lowest BCUT2D eigenvalue weighted by Gasteiger charge is -2.38. The number of nitrogens with two attached hydrogens (primary N) is 1. The molecule has 186 valence electrons. The van der Waals surface area contributed by atoms with E-state index in [1.54, 1.807) is 17.5 Å². The molecule has 1 fully saturated rings. The van der Waals surface area contributed by atoms with Gasteiger partial charge in [0.15, 0.2) is 5.76 Å². The van der Waals surface area contributed by atoms with E-state index in [0.29, 0.717) is 6.42 Å². The van der Waals surface area contributed by atoms with Crippen molar-refractivity contribution in [3.05, 3.63) is 64.1 Å². The molecule has 0 saturated carbocycles. The average molecular weight is 537 g/mol. The van der Waals surface area contributed by atoms with Gasteiger partial charge in [0, 0.05) is 23.9 Å². The number of furan rings is 1. The van der Waals surface area contributed by atoms with Crippen molar-refractivity contribution in [3.8, 4) is 0 Å². The molecule has 3 amide bonds. The van der Waals surface area contributed by atoms with Gasteiger partial charge < -0.3 is 20.4 Å². The normalized spacial score (nSPS) is 19.3. The van der Waals surface area contributed by atoms with Gasteiger partial charge in [-0.05, 0) is 47.9 Å². The molecule has 4 N–H and O–H groups in total. The summed E-state index contributed by atoms with van der Waals surface area (Å²) < 4.78 is 33.5. The summed E-state index contributed by atoms with van der Waals surface area (Å²) in [6, 6.07) is 7.23. The Morgan fingerprint density at radius 3 is 2.54 bits per heavy atom. The standard InChI is InChI=1S/C22H24N4O6S3/c23-20(27)16(13-15-4-2-10-33-15)24-21(28)17-12-14(25-35(30,31)19-6-3-11-34-19)7-8-26(17)22(29)18-5-1-9-32-18/h1-6,9-11,14,16-17,25H,7-8,12-13H2,(H2,23,27)(H,24,28). The number of primary amides is 1. The van der Waals surface area contributed by atoms with Gasteiger partial charge in [-0.1, -0.05) is 12.1 Å². The van der Waals surface area contributed by atoms with Crippen LogP contribution in [0.5, 0.6) is 0 Å². The first kappa shape index (κ1) is 25.1. The Labute approximate surface area is 210 Å². The fraction of sp³-hybridized carbons (Fsp3) is 0.318. The van der Waals surface area contributed by atoms with Gasteiger partial charge in [-0.2, -0.15) is 0 Å². The highest BCUT2D eigenvalue weighted by atomic mass is 32.2. The van der Waals surface area contributed by atoms with Crippen LogP contribution in [0.1, 0.15) is 28.3 Å². The van der Waals surface area contributed by atoms with Crippen molar-refractivity contribution in [2.45, 2.75) is 41.6 Å². The summed E-state index contributed by atoms with van der Waals surface area (Å²) in [5.41, 5.74) is 5.53. The van der Waals surface area contributed by atoms with Crippen LogP contribution in [0.4, 0.5) is 0 Å². The molecule has 0 aromatic carbocycles. The molecule has 1 aliphatic rings. The Bertz CT molecular complexity index is 1260. The maximum absolute atomic E-state index is 13.4. The summed E-state index contributed by atoms with van der Waals surface area (Å²) in [5.74, 6) is -1.74. The van der Waals surface area contributed by atoms with Crippen molar-refractivity contribution in [2.24, 2.45) is 5.73 Å². The summed E-state index contributed by atoms with van der Waals surface area (Å²) in [6.07, 6.45) is 1.89. The molecule has 0 radical (unpaired) electrons. The van der Waals surface area contributed by atoms with Crippen LogP contribution in [-0.4, -0.2) is 55.7 Å². The first-order valence-corrected chi connectivity index (χ1v) is 14.0. The van der Waals surface area contributed by atoms with Crippen LogP contribution in [0.25, 0.3) is 0 Å². The van der Waals surface area contributed by atoms with E-state index in [2.05, 4.69) is 10.0 Å². The largest absolute Gasteiger partial charge is 0.459 e. The summed E-state index contributed by atoms with van der Waals surface area (Å²) >= 11 is 2.51. The number of hydrogen-bond acceptors (Lipinski definition) is 8. The van der Waals surface area contributed by atoms with Crippen LogP contribution in [0.3, 0.4) is 0 Å². The third kappa shape index (κ3) is 5.99. The van der Waals surface area contributed by atoms with Crippen LogP contribution in [0, 0.1) is 0 Å². The van der Waals surface area contributed by atoms with Crippen molar-refractivity contribution < 1.29 is 27.2 Å². The first-order valence-electron chi connectivity index (χ1n) is 10.8. The zero-order valence-electron chi connectivity index (χ0n) is 18.5. The van der Waals surface area contributed by atoms with Crippen LogP contribution in [0.15, 0.2) is 62.0 Å². The Morgan fingerprint density at radius 2 is 1.91 bits per heavy atom. The smallest absolute Gasteiger partial charge is 0.290 e. The molecule has 4 heterocycles. The van der Waals surface area contributed by atoms with Crippen LogP contribution < -0.4 is 15.8 Å². The molecule has 13 heteroatoms. The summed E-state index contributed by atoms with van der Waals surface area (Å²) in [5, 5.41) is 6.17. The van der Waals surface area contributed by atoms with Gasteiger partial charge in [0.05, 0.1) is 6.26 Å². The van der Waals surface area contributed by atoms with Gasteiger partial charge in [0.1, 0.15) is 16.3 Å². The lowest BCUT2D eigenvalue weighted by atomic mass is 9.96. The zero-order valence-corrected chi connectivity index (χ0v) is 20.9. The molecular weight excluding hydrogens is 512 g/mol. The summed E-state index contributed by atoms with van der Waals surface area (Å²) in [6.45, 7) is 0.113. The number of amides is 3. The lowest BCUT2D eigenvalue weighted by molar-refractivity contribution is -0.131. The molecule has 10 nitrogen and oxygen atoms in total. The maximum Gasteiger partial charge on any atom is 0.290 e. The third-order valence-electron chi connectivity index (χ3n) is 5.63. The van der Waals surface area contributed by atoms with Crippen molar-refractivity contribution in [2.75, 3.05) is 6.54 Å². The van der Waals surface area contributed by atoms with Crippen molar-refractivity contribution in [1.29, 1.82) is 0 Å². The molecule has 3 unspecified atom stereocenters. The molecular formula is C22H24N4O6S3. The highest BCUT2D eigenvalue weighted by Gasteiger charge is 2.40. The average Bonchev–Trinajstić information content (AvgIpc) is 3.61. The Morgan fingerprint density at radius 1 is 1.14 bits per heavy atom. The molecule has 3 atom stereocenters. The van der Waals surface area contributed by atoms with Gasteiger partial charge in [-0.3, -0.25) is 14.4 Å². The highest BCUT2D eigenvalue weighted by molar-refractivity contribution is 7.91. The van der Waals surface area contributed by atoms with Gasteiger partial charge in [-0.25, -0.2) is 13.1 Å². The van der Waals surface area contributed by atoms with E-state index >= 15 is 0 Å². The topological polar surface area (TPSA) is 152 Å². The molecule has 1 saturated heterocycles. The molecule has 35 heavy (non-hydrogen) atoms. The maximum atomic E-state index is 13.4. The Balaban J connectivity index is 1.54. The number of hydrogen-bond donors (Lipinski definition) is 3. The predicted molar refractivity (Wildman–Crippen MR) is 130 cm³/mol. The molecule has 0 spiro atoms. The lowest BCUT2D eigenvalue weighted by Crippen LogP contribution is -2.59. The second-order valence-corrected chi connectivity index (χ2v) is 11.9. The van der Waals surface area contributed by atoms with Crippen LogP contribution in [-0.2, 0) is 26.0 Å². The molecule has 0 aliphatic carbocycles. The fourth-order valence-corrected chi connectivity index (χ4v) is 6.97. The Hall–Kier alpha value is -3.00. The number of sulfonamides is 1. The SMILES string of the molecule is NC(=O)C(Cc1cccs1)NC(=O)C1CC(NS(=O)(=O)c2cccs2)CCN1C(=O)c1ccco1. The molecule has 3 aromatic rings. The molecule has 0 bridgehead atoms. The van der Waals surface area contributed by atoms with Gasteiger partial charge >= 0.3 is 0 Å². The van der Waals surface area contributed by atoms with E-state index < -0.39 is 45.9 Å². The summed E-state index contributed by atoms with van der Waals surface area (Å²) in [7, 11) is -3.78. The van der Waals surface area contributed by atoms with E-state index in [1.807, 2.05) is 17.5 Å². The fourth-order valence-electron chi connectivity index (χ4n) is 3.92. The van der Waals surface area contributed by atoms with Gasteiger partial charge in [0.2, 0.25) is 21.8 Å². The number of piperidine rings is 1. The third-order valence-corrected chi connectivity index (χ3v) is 9.44. The Kier molecular flexibility index (Phi) is 7.69. The highest BCUT2D eigenvalue weighted by Crippen LogP contribution is 2.24. The van der Waals surface area contributed by atoms with Crippen molar-refractivity contribution in [1.82, 2.24) is 14.9 Å². The minimum absolute atomic E-state index is 0.0212. The zero-order chi connectivity index (χ0) is 25.0. The van der Waals surface area contributed by atoms with E-state index in [1.165, 1.54) is 34.6 Å². The monoisotopic (exact) mass is 536 g/mol. The number of thiophene rings is 2.